The maximum Gasteiger partial charge on any atom is 0.325 e. The molecule has 3 N–H and O–H groups in total. The second-order valence-corrected chi connectivity index (χ2v) is 5.04. The molecule has 5 heteroatoms. The topological polar surface area (TPSA) is 72.6 Å². The van der Waals surface area contributed by atoms with E-state index < -0.39 is 12.0 Å². The molecular formula is C13H16ClNO3. The number of carboxylic acids is 1. The number of hydrogen-bond acceptors (Lipinski definition) is 3. The van der Waals surface area contributed by atoms with E-state index in [9.17, 15) is 4.79 Å². The second kappa shape index (κ2) is 5.59. The quantitative estimate of drug-likeness (QED) is 0.862. The van der Waals surface area contributed by atoms with Crippen molar-refractivity contribution in [2.75, 3.05) is 6.61 Å². The van der Waals surface area contributed by atoms with Crippen molar-refractivity contribution >= 4 is 17.6 Å². The number of ether oxygens (including phenoxy) is 1. The Morgan fingerprint density at radius 1 is 1.56 bits per heavy atom. The van der Waals surface area contributed by atoms with E-state index in [1.54, 1.807) is 18.2 Å². The van der Waals surface area contributed by atoms with Gasteiger partial charge in [0.15, 0.2) is 0 Å². The molecule has 2 rings (SSSR count). The van der Waals surface area contributed by atoms with E-state index in [1.807, 2.05) is 0 Å². The predicted molar refractivity (Wildman–Crippen MR) is 68.9 cm³/mol. The lowest BCUT2D eigenvalue weighted by atomic mass is 9.86. The van der Waals surface area contributed by atoms with Crippen LogP contribution in [0.3, 0.4) is 0 Å². The molecule has 0 bridgehead atoms. The standard InChI is InChI=1S/C13H16ClNO3/c14-9-4-5-11(18-7-8-2-1-3-8)10(6-9)12(15)13(16)17/h4-6,8,12H,1-3,7,15H2,(H,16,17). The third kappa shape index (κ3) is 2.94. The van der Waals surface area contributed by atoms with Crippen LogP contribution in [0.4, 0.5) is 0 Å². The molecule has 1 fully saturated rings. The van der Waals surface area contributed by atoms with Crippen molar-refractivity contribution < 1.29 is 14.6 Å². The summed E-state index contributed by atoms with van der Waals surface area (Å²) in [6.45, 7) is 0.612. The average Bonchev–Trinajstić information content (AvgIpc) is 2.27. The first-order valence-corrected chi connectivity index (χ1v) is 6.36. The Balaban J connectivity index is 2.13. The van der Waals surface area contributed by atoms with Crippen molar-refractivity contribution in [1.29, 1.82) is 0 Å². The molecule has 1 unspecified atom stereocenters. The molecule has 0 aromatic heterocycles. The van der Waals surface area contributed by atoms with Crippen LogP contribution in [0, 0.1) is 5.92 Å². The molecule has 0 heterocycles. The molecule has 0 saturated heterocycles. The number of carboxylic acid groups (broad SMARTS) is 1. The number of carbonyl (C=O) groups is 1. The summed E-state index contributed by atoms with van der Waals surface area (Å²) in [6, 6.07) is 3.80. The van der Waals surface area contributed by atoms with Gasteiger partial charge in [-0.2, -0.15) is 0 Å². The highest BCUT2D eigenvalue weighted by Gasteiger charge is 2.22. The molecule has 1 aliphatic rings. The van der Waals surface area contributed by atoms with Crippen molar-refractivity contribution in [3.63, 3.8) is 0 Å². The normalized spacial score (nSPS) is 17.0. The van der Waals surface area contributed by atoms with Crippen LogP contribution in [0.5, 0.6) is 5.75 Å². The van der Waals surface area contributed by atoms with Gasteiger partial charge in [-0.15, -0.1) is 0 Å². The van der Waals surface area contributed by atoms with Gasteiger partial charge in [-0.3, -0.25) is 4.79 Å². The van der Waals surface area contributed by atoms with Crippen LogP contribution in [0.25, 0.3) is 0 Å². The van der Waals surface area contributed by atoms with Crippen LogP contribution in [-0.2, 0) is 4.79 Å². The van der Waals surface area contributed by atoms with Gasteiger partial charge in [-0.1, -0.05) is 18.0 Å². The van der Waals surface area contributed by atoms with E-state index in [0.29, 0.717) is 28.9 Å². The molecular weight excluding hydrogens is 254 g/mol. The van der Waals surface area contributed by atoms with Gasteiger partial charge in [0.05, 0.1) is 6.61 Å². The number of aliphatic carboxylic acids is 1. The van der Waals surface area contributed by atoms with Gasteiger partial charge in [0, 0.05) is 10.6 Å². The zero-order valence-electron chi connectivity index (χ0n) is 9.93. The first kappa shape index (κ1) is 13.2. The first-order valence-electron chi connectivity index (χ1n) is 5.98. The van der Waals surface area contributed by atoms with Crippen molar-refractivity contribution in [3.05, 3.63) is 28.8 Å². The maximum absolute atomic E-state index is 10.9. The summed E-state index contributed by atoms with van der Waals surface area (Å²) >= 11 is 5.86. The molecule has 98 valence electrons. The summed E-state index contributed by atoms with van der Waals surface area (Å²) in [7, 11) is 0. The van der Waals surface area contributed by atoms with Gasteiger partial charge in [0.25, 0.3) is 0 Å². The summed E-state index contributed by atoms with van der Waals surface area (Å²) in [5.74, 6) is 0.00143. The summed E-state index contributed by atoms with van der Waals surface area (Å²) < 4.78 is 5.67. The van der Waals surface area contributed by atoms with Crippen LogP contribution in [0.15, 0.2) is 18.2 Å². The lowest BCUT2D eigenvalue weighted by Crippen LogP contribution is -2.23. The van der Waals surface area contributed by atoms with Crippen LogP contribution < -0.4 is 10.5 Å². The fraction of sp³-hybridized carbons (Fsp3) is 0.462. The Kier molecular flexibility index (Phi) is 4.09. The number of rotatable bonds is 5. The Bertz CT molecular complexity index is 446. The third-order valence-corrected chi connectivity index (χ3v) is 3.51. The molecule has 1 aromatic carbocycles. The predicted octanol–water partition coefficient (Wildman–Crippen LogP) is 2.60. The van der Waals surface area contributed by atoms with E-state index in [-0.39, 0.29) is 0 Å². The fourth-order valence-corrected chi connectivity index (χ4v) is 2.07. The zero-order valence-corrected chi connectivity index (χ0v) is 10.7. The van der Waals surface area contributed by atoms with Gasteiger partial charge in [-0.25, -0.2) is 0 Å². The van der Waals surface area contributed by atoms with Crippen LogP contribution in [0.1, 0.15) is 30.9 Å². The minimum absolute atomic E-state index is 0.425. The molecule has 1 atom stereocenters. The van der Waals surface area contributed by atoms with E-state index in [2.05, 4.69) is 0 Å². The molecule has 1 aliphatic carbocycles. The van der Waals surface area contributed by atoms with Crippen LogP contribution in [0.2, 0.25) is 5.02 Å². The van der Waals surface area contributed by atoms with Gasteiger partial charge >= 0.3 is 5.97 Å². The number of nitrogens with two attached hydrogens (primary N) is 1. The molecule has 0 amide bonds. The molecule has 0 aliphatic heterocycles. The lowest BCUT2D eigenvalue weighted by molar-refractivity contribution is -0.138. The summed E-state index contributed by atoms with van der Waals surface area (Å²) in [6.07, 6.45) is 3.60. The largest absolute Gasteiger partial charge is 0.493 e. The number of halogens is 1. The van der Waals surface area contributed by atoms with Gasteiger partial charge < -0.3 is 15.6 Å². The van der Waals surface area contributed by atoms with Crippen LogP contribution in [-0.4, -0.2) is 17.7 Å². The zero-order chi connectivity index (χ0) is 13.1. The lowest BCUT2D eigenvalue weighted by Gasteiger charge is -2.26. The summed E-state index contributed by atoms with van der Waals surface area (Å²) in [4.78, 5) is 10.9. The molecule has 0 radical (unpaired) electrons. The van der Waals surface area contributed by atoms with E-state index in [1.165, 1.54) is 19.3 Å². The molecule has 4 nitrogen and oxygen atoms in total. The van der Waals surface area contributed by atoms with Crippen molar-refractivity contribution in [1.82, 2.24) is 0 Å². The third-order valence-electron chi connectivity index (χ3n) is 3.27. The highest BCUT2D eigenvalue weighted by Crippen LogP contribution is 2.31. The Hall–Kier alpha value is -1.26. The Morgan fingerprint density at radius 2 is 2.28 bits per heavy atom. The first-order chi connectivity index (χ1) is 8.58. The second-order valence-electron chi connectivity index (χ2n) is 4.61. The SMILES string of the molecule is NC(C(=O)O)c1cc(Cl)ccc1OCC1CCC1. The van der Waals surface area contributed by atoms with Gasteiger partial charge in [0.1, 0.15) is 11.8 Å². The maximum atomic E-state index is 10.9. The summed E-state index contributed by atoms with van der Waals surface area (Å²) in [5, 5.41) is 9.42. The summed E-state index contributed by atoms with van der Waals surface area (Å²) in [5.41, 5.74) is 6.05. The number of hydrogen-bond donors (Lipinski definition) is 2. The molecule has 18 heavy (non-hydrogen) atoms. The minimum Gasteiger partial charge on any atom is -0.493 e. The smallest absolute Gasteiger partial charge is 0.325 e. The fourth-order valence-electron chi connectivity index (χ4n) is 1.89. The molecule has 0 spiro atoms. The van der Waals surface area contributed by atoms with E-state index >= 15 is 0 Å². The highest BCUT2D eigenvalue weighted by molar-refractivity contribution is 6.30. The van der Waals surface area contributed by atoms with E-state index in [4.69, 9.17) is 27.2 Å². The van der Waals surface area contributed by atoms with Crippen molar-refractivity contribution in [3.8, 4) is 5.75 Å². The van der Waals surface area contributed by atoms with Gasteiger partial charge in [-0.05, 0) is 37.0 Å². The minimum atomic E-state index is -1.11. The average molecular weight is 270 g/mol. The van der Waals surface area contributed by atoms with Crippen LogP contribution >= 0.6 is 11.6 Å². The molecule has 1 saturated carbocycles. The monoisotopic (exact) mass is 269 g/mol. The van der Waals surface area contributed by atoms with Crippen molar-refractivity contribution in [2.45, 2.75) is 25.3 Å². The van der Waals surface area contributed by atoms with Gasteiger partial charge in [0.2, 0.25) is 0 Å². The number of benzene rings is 1. The van der Waals surface area contributed by atoms with Crippen molar-refractivity contribution in [2.24, 2.45) is 11.7 Å². The molecule has 1 aromatic rings. The Morgan fingerprint density at radius 3 is 2.83 bits per heavy atom. The van der Waals surface area contributed by atoms with E-state index in [0.717, 1.165) is 0 Å². The Labute approximate surface area is 111 Å². The highest BCUT2D eigenvalue weighted by atomic mass is 35.5.